The van der Waals surface area contributed by atoms with Gasteiger partial charge in [-0.15, -0.1) is 11.3 Å². The van der Waals surface area contributed by atoms with Crippen molar-refractivity contribution in [2.24, 2.45) is 4.99 Å². The molecule has 0 unspecified atom stereocenters. The fourth-order valence-corrected chi connectivity index (χ4v) is 17.2. The first kappa shape index (κ1) is 89.7. The summed E-state index contributed by atoms with van der Waals surface area (Å²) in [6.45, 7) is 29.7. The van der Waals surface area contributed by atoms with E-state index in [2.05, 4.69) is 307 Å². The van der Waals surface area contributed by atoms with E-state index in [1.165, 1.54) is 39.2 Å². The number of imidazole rings is 4. The number of halogens is 5. The normalized spacial score (nSPS) is 14.8. The molecule has 19 rings (SSSR count). The van der Waals surface area contributed by atoms with Gasteiger partial charge in [0.15, 0.2) is 10.0 Å². The van der Waals surface area contributed by atoms with E-state index >= 15 is 0 Å². The van der Waals surface area contributed by atoms with Crippen molar-refractivity contribution in [3.63, 3.8) is 0 Å². The standard InChI is InChI=1S/C22H23BrClNO3S.2C20H23BN2O2.2C14H11BrN2.C8H6BrN/c1-6-27-20(26)18(28-22(3,4)5)16-12(2)11-15-19(29-21(23)25-15)17(16)13-7-9-14(24)10-8-13;1-19(2)20(3,4)25-21(24-19)16-10-11-18-17(12-16)22-14-23(18)13-15-8-6-5-7-9-15;1-19(2)20(3,4)25-21(24-19)16-10-11-17-18(12-16)23(14-22-17)13-15-8-6-5-7-9-15;15-12-6-7-14-13(8-12)16-10-17(14)9-11-4-2-1-3-5-11;15-12-6-7-13-14(8-12)17(10-16-13)9-11-4-2-1-3-5-11;9-7-1-2-8-6(5-7)3-4-10-8/h7-11,18H,6H2,1-5H3;2*5-12,14H,13H2,1-4H3;2*1-8,10H,9H2;1-2,4-5H,3H2/t18-;;;;;/m0...../s1. The zero-order valence-corrected chi connectivity index (χ0v) is 79.0. The molecule has 11 aromatic carbocycles. The number of hydrogen-bond donors (Lipinski definition) is 0. The summed E-state index contributed by atoms with van der Waals surface area (Å²) < 4.78 is 50.0. The molecule has 2 fully saturated rings. The first-order chi connectivity index (χ1) is 58.8. The van der Waals surface area contributed by atoms with Gasteiger partial charge in [0.2, 0.25) is 0 Å². The predicted molar refractivity (Wildman–Crippen MR) is 517 cm³/mol. The summed E-state index contributed by atoms with van der Waals surface area (Å²) in [4.78, 5) is 39.6. The number of rotatable bonds is 15. The second-order valence-electron chi connectivity index (χ2n) is 33.3. The van der Waals surface area contributed by atoms with Gasteiger partial charge in [-0.3, -0.25) is 4.99 Å². The number of thiazole rings is 1. The number of esters is 1. The fourth-order valence-electron chi connectivity index (χ4n) is 14.4. The maximum atomic E-state index is 13.0. The Morgan fingerprint density at radius 1 is 0.488 bits per heavy atom. The van der Waals surface area contributed by atoms with Crippen molar-refractivity contribution >= 4 is 184 Å². The highest BCUT2D eigenvalue weighted by molar-refractivity contribution is 9.11. The van der Waals surface area contributed by atoms with Gasteiger partial charge in [0.25, 0.3) is 0 Å². The molecule has 2 saturated heterocycles. The van der Waals surface area contributed by atoms with Crippen LogP contribution in [-0.2, 0) is 65.5 Å². The molecule has 8 heterocycles. The van der Waals surface area contributed by atoms with Gasteiger partial charge in [0.1, 0.15) is 0 Å². The van der Waals surface area contributed by atoms with Crippen LogP contribution in [0.2, 0.25) is 5.02 Å². The Labute approximate surface area is 762 Å². The van der Waals surface area contributed by atoms with Gasteiger partial charge in [-0.2, -0.15) is 0 Å². The highest BCUT2D eigenvalue weighted by atomic mass is 79.9. The Morgan fingerprint density at radius 3 is 1.40 bits per heavy atom. The molecule has 17 nitrogen and oxygen atoms in total. The van der Waals surface area contributed by atoms with Crippen LogP contribution in [0, 0.1) is 6.92 Å². The summed E-state index contributed by atoms with van der Waals surface area (Å²) in [6, 6.07) is 82.2. The molecule has 3 aliphatic heterocycles. The van der Waals surface area contributed by atoms with Crippen LogP contribution in [0.15, 0.2) is 290 Å². The number of aliphatic imine (C=N–C) groups is 1. The summed E-state index contributed by atoms with van der Waals surface area (Å²) in [7, 11) is -0.705. The van der Waals surface area contributed by atoms with Crippen LogP contribution in [0.4, 0.5) is 5.69 Å². The average Bonchev–Trinajstić information content (AvgIpc) is 1.73. The van der Waals surface area contributed by atoms with E-state index in [0.717, 1.165) is 143 Å². The molecule has 123 heavy (non-hydrogen) atoms. The zero-order chi connectivity index (χ0) is 87.0. The highest BCUT2D eigenvalue weighted by Crippen LogP contribution is 2.45. The van der Waals surface area contributed by atoms with E-state index < -0.39 is 17.7 Å². The van der Waals surface area contributed by atoms with Crippen molar-refractivity contribution < 1.29 is 32.9 Å². The van der Waals surface area contributed by atoms with Crippen molar-refractivity contribution in [2.45, 2.75) is 157 Å². The lowest BCUT2D eigenvalue weighted by Crippen LogP contribution is -2.41. The Hall–Kier alpha value is -9.53. The van der Waals surface area contributed by atoms with Crippen molar-refractivity contribution in [3.8, 4) is 11.1 Å². The van der Waals surface area contributed by atoms with E-state index in [9.17, 15) is 4.79 Å². The van der Waals surface area contributed by atoms with Crippen LogP contribution in [0.5, 0.6) is 0 Å². The van der Waals surface area contributed by atoms with E-state index in [4.69, 9.17) is 39.7 Å². The largest absolute Gasteiger partial charge is 0.494 e. The molecule has 628 valence electrons. The number of carbonyl (C=O) groups excluding carboxylic acids is 1. The Balaban J connectivity index is 0.000000123. The van der Waals surface area contributed by atoms with Gasteiger partial charge in [-0.1, -0.05) is 205 Å². The summed E-state index contributed by atoms with van der Waals surface area (Å²) in [6.07, 6.45) is 9.64. The summed E-state index contributed by atoms with van der Waals surface area (Å²) in [5.41, 5.74) is 20.6. The maximum absolute atomic E-state index is 13.0. The third-order valence-electron chi connectivity index (χ3n) is 22.1. The molecular weight excluding hydrogens is 1840 g/mol. The maximum Gasteiger partial charge on any atom is 0.494 e. The number of benzene rings is 11. The van der Waals surface area contributed by atoms with E-state index in [0.29, 0.717) is 5.02 Å². The van der Waals surface area contributed by atoms with Crippen molar-refractivity contribution in [3.05, 3.63) is 329 Å². The second kappa shape index (κ2) is 38.9. The zero-order valence-electron chi connectivity index (χ0n) is 71.1. The minimum atomic E-state index is -0.856. The molecule has 0 radical (unpaired) electrons. The number of nitrogens with zero attached hydrogens (tertiary/aromatic N) is 10. The quantitative estimate of drug-likeness (QED) is 0.0704. The van der Waals surface area contributed by atoms with Gasteiger partial charge in [0, 0.05) is 68.4 Å². The molecule has 3 aliphatic rings. The Kier molecular flexibility index (Phi) is 28.4. The van der Waals surface area contributed by atoms with Gasteiger partial charge < -0.3 is 46.4 Å². The second-order valence-corrected chi connectivity index (χ2v) is 38.8. The smallest absolute Gasteiger partial charge is 0.464 e. The third kappa shape index (κ3) is 22.1. The first-order valence-electron chi connectivity index (χ1n) is 40.8. The topological polar surface area (TPSA) is 169 Å². The van der Waals surface area contributed by atoms with Gasteiger partial charge >= 0.3 is 20.2 Å². The molecule has 1 atom stereocenters. The van der Waals surface area contributed by atoms with E-state index in [1.54, 1.807) is 6.92 Å². The summed E-state index contributed by atoms with van der Waals surface area (Å²) in [5.74, 6) is -0.399. The van der Waals surface area contributed by atoms with E-state index in [1.807, 2.05) is 162 Å². The van der Waals surface area contributed by atoms with E-state index in [-0.39, 0.29) is 43.2 Å². The van der Waals surface area contributed by atoms with Crippen LogP contribution in [0.3, 0.4) is 0 Å². The number of hydrogen-bond acceptors (Lipinski definition) is 14. The Bertz CT molecular complexity index is 6350. The Morgan fingerprint density at radius 2 is 0.902 bits per heavy atom. The number of ether oxygens (including phenoxy) is 2. The highest BCUT2D eigenvalue weighted by Gasteiger charge is 2.53. The lowest BCUT2D eigenvalue weighted by molar-refractivity contribution is -0.166. The summed E-state index contributed by atoms with van der Waals surface area (Å²) in [5, 5.41) is 0.651. The van der Waals surface area contributed by atoms with Gasteiger partial charge in [-0.05, 0) is 253 Å². The lowest BCUT2D eigenvalue weighted by atomic mass is 9.79. The number of aryl methyl sites for hydroxylation is 1. The summed E-state index contributed by atoms with van der Waals surface area (Å²) >= 11 is 21.5. The van der Waals surface area contributed by atoms with Crippen LogP contribution >= 0.6 is 86.7 Å². The molecule has 0 spiro atoms. The molecule has 5 aromatic heterocycles. The first-order valence-corrected chi connectivity index (χ1v) is 45.2. The predicted octanol–water partition coefficient (Wildman–Crippen LogP) is 24.3. The van der Waals surface area contributed by atoms with Crippen molar-refractivity contribution in [2.75, 3.05) is 6.61 Å². The number of aromatic nitrogens is 9. The minimum Gasteiger partial charge on any atom is -0.464 e. The molecule has 0 amide bonds. The lowest BCUT2D eigenvalue weighted by Gasteiger charge is -2.32. The average molecular weight is 1940 g/mol. The molecule has 25 heteroatoms. The molecular formula is C98H97B2Br4ClN10O7S. The van der Waals surface area contributed by atoms with Crippen LogP contribution < -0.4 is 10.9 Å². The van der Waals surface area contributed by atoms with Crippen LogP contribution in [-0.4, -0.2) is 104 Å². The monoisotopic (exact) mass is 1930 g/mol. The van der Waals surface area contributed by atoms with Crippen LogP contribution in [0.1, 0.15) is 128 Å². The molecule has 16 aromatic rings. The number of fused-ring (bicyclic) bond motifs is 6. The molecule has 0 aliphatic carbocycles. The minimum absolute atomic E-state index is 0.284. The molecule has 0 bridgehead atoms. The number of carbonyl (C=O) groups is 1. The van der Waals surface area contributed by atoms with Crippen LogP contribution in [0.25, 0.3) is 65.5 Å². The van der Waals surface area contributed by atoms with Crippen molar-refractivity contribution in [1.29, 1.82) is 0 Å². The van der Waals surface area contributed by atoms with Crippen molar-refractivity contribution in [1.82, 2.24) is 43.2 Å². The van der Waals surface area contributed by atoms with Gasteiger partial charge in [-0.25, -0.2) is 29.7 Å². The fraction of sp³-hybridized carbons (Fsp3) is 0.255. The molecule has 0 N–H and O–H groups in total. The van der Waals surface area contributed by atoms with Gasteiger partial charge in [0.05, 0.1) is 120 Å². The SMILES string of the molecule is Brc1ccc2c(c1)CC=N2.Brc1ccc2c(c1)ncn2Cc1ccccc1.Brc1ccc2ncn(Cc3ccccc3)c2c1.CC1(C)OB(c2ccc3c(c2)ncn3Cc2ccccc2)OC1(C)C.CC1(C)OB(c2ccc3ncn(Cc4ccccc4)c3c2)OC1(C)C.CCOC(=O)[C@@H](OC(C)(C)C)c1c(C)cc2nc(Br)sc2c1-c1ccc(Cl)cc1. The third-order valence-corrected chi connectivity index (χ3v) is 25.4. The molecule has 0 saturated carbocycles.